The molecule has 0 saturated heterocycles. The number of hydrogen-bond donors (Lipinski definition) is 2. The fourth-order valence-electron chi connectivity index (χ4n) is 2.68. The average Bonchev–Trinajstić information content (AvgIpc) is 2.67. The van der Waals surface area contributed by atoms with Gasteiger partial charge in [-0.25, -0.2) is 8.42 Å². The second-order valence-corrected chi connectivity index (χ2v) is 8.22. The zero-order valence-corrected chi connectivity index (χ0v) is 15.1. The van der Waals surface area contributed by atoms with Crippen LogP contribution in [0, 0.1) is 0 Å². The third kappa shape index (κ3) is 3.16. The van der Waals surface area contributed by atoms with Gasteiger partial charge < -0.3 is 10.4 Å². The molecule has 148 valence electrons. The molecule has 1 aliphatic heterocycles. The Morgan fingerprint density at radius 2 is 1.82 bits per heavy atom. The number of ketones is 1. The molecule has 1 aromatic carbocycles. The summed E-state index contributed by atoms with van der Waals surface area (Å²) in [6.45, 7) is 0.239. The van der Waals surface area contributed by atoms with E-state index in [4.69, 9.17) is 0 Å². The number of nitrogens with one attached hydrogen (secondary N) is 1. The van der Waals surface area contributed by atoms with E-state index in [2.05, 4.69) is 4.98 Å². The maximum absolute atomic E-state index is 12.9. The van der Waals surface area contributed by atoms with Crippen LogP contribution in [0.2, 0.25) is 0 Å². The number of carbonyl (C=O) groups is 2. The van der Waals surface area contributed by atoms with Crippen LogP contribution in [-0.2, 0) is 20.4 Å². The van der Waals surface area contributed by atoms with Gasteiger partial charge in [-0.15, -0.1) is 0 Å². The highest BCUT2D eigenvalue weighted by atomic mass is 32.2. The number of fused-ring (bicyclic) bond motifs is 2. The van der Waals surface area contributed by atoms with E-state index in [0.29, 0.717) is 0 Å². The van der Waals surface area contributed by atoms with Gasteiger partial charge in [-0.05, 0) is 31.2 Å². The highest BCUT2D eigenvalue weighted by Crippen LogP contribution is 2.36. The number of hydrogen-bond acceptors (Lipinski definition) is 6. The molecule has 1 aromatic heterocycles. The minimum atomic E-state index is -5.29. The second kappa shape index (κ2) is 6.38. The number of halogens is 3. The summed E-state index contributed by atoms with van der Waals surface area (Å²) in [7, 11) is -4.24. The number of alkyl halides is 3. The van der Waals surface area contributed by atoms with E-state index in [1.165, 1.54) is 30.5 Å². The SMILES string of the molecule is CC(O)(C(=O)Nc1cccc2c1S(=O)(=O)Cc1ncccc1C2=O)C(F)(F)F. The van der Waals surface area contributed by atoms with Crippen LogP contribution in [0.1, 0.15) is 28.5 Å². The maximum Gasteiger partial charge on any atom is 0.426 e. The number of pyridine rings is 1. The van der Waals surface area contributed by atoms with Gasteiger partial charge in [-0.1, -0.05) is 6.07 Å². The predicted molar refractivity (Wildman–Crippen MR) is 90.3 cm³/mol. The zero-order chi connectivity index (χ0) is 20.9. The van der Waals surface area contributed by atoms with E-state index in [1.54, 1.807) is 5.32 Å². The molecule has 3 rings (SSSR count). The minimum absolute atomic E-state index is 0.0109. The molecule has 28 heavy (non-hydrogen) atoms. The lowest BCUT2D eigenvalue weighted by Gasteiger charge is -2.25. The average molecular weight is 414 g/mol. The summed E-state index contributed by atoms with van der Waals surface area (Å²) >= 11 is 0. The largest absolute Gasteiger partial charge is 0.426 e. The first-order valence-electron chi connectivity index (χ1n) is 7.81. The molecule has 2 heterocycles. The van der Waals surface area contributed by atoms with Crippen molar-refractivity contribution in [3.63, 3.8) is 0 Å². The summed E-state index contributed by atoms with van der Waals surface area (Å²) in [4.78, 5) is 28.0. The zero-order valence-electron chi connectivity index (χ0n) is 14.2. The van der Waals surface area contributed by atoms with Gasteiger partial charge in [0.15, 0.2) is 15.6 Å². The van der Waals surface area contributed by atoms with Gasteiger partial charge in [0.2, 0.25) is 5.60 Å². The van der Waals surface area contributed by atoms with Crippen LogP contribution in [0.5, 0.6) is 0 Å². The van der Waals surface area contributed by atoms with Crippen molar-refractivity contribution in [2.75, 3.05) is 5.32 Å². The summed E-state index contributed by atoms with van der Waals surface area (Å²) in [5.41, 5.74) is -4.58. The molecule has 11 heteroatoms. The molecule has 0 aliphatic carbocycles. The van der Waals surface area contributed by atoms with E-state index in [-0.39, 0.29) is 23.7 Å². The Labute approximate surface area is 157 Å². The molecule has 0 saturated carbocycles. The van der Waals surface area contributed by atoms with Gasteiger partial charge in [-0.3, -0.25) is 14.6 Å². The Morgan fingerprint density at radius 3 is 2.46 bits per heavy atom. The smallest absolute Gasteiger partial charge is 0.373 e. The van der Waals surface area contributed by atoms with Crippen LogP contribution in [-0.4, -0.2) is 42.0 Å². The van der Waals surface area contributed by atoms with Crippen molar-refractivity contribution in [3.8, 4) is 0 Å². The topological polar surface area (TPSA) is 113 Å². The summed E-state index contributed by atoms with van der Waals surface area (Å²) < 4.78 is 64.3. The van der Waals surface area contributed by atoms with E-state index >= 15 is 0 Å². The van der Waals surface area contributed by atoms with Crippen LogP contribution in [0.4, 0.5) is 18.9 Å². The lowest BCUT2D eigenvalue weighted by Crippen LogP contribution is -2.52. The van der Waals surface area contributed by atoms with Crippen molar-refractivity contribution in [1.82, 2.24) is 4.98 Å². The number of sulfone groups is 1. The Balaban J connectivity index is 2.15. The number of rotatable bonds is 2. The van der Waals surface area contributed by atoms with Crippen molar-refractivity contribution >= 4 is 27.2 Å². The number of aliphatic hydroxyl groups is 1. The molecule has 1 amide bonds. The quantitative estimate of drug-likeness (QED) is 0.776. The standard InChI is InChI=1S/C17H13F3N2O5S/c1-16(25,17(18,19)20)15(24)22-11-6-2-4-10-13(23)9-5-3-7-21-12(9)8-28(26,27)14(10)11/h2-7,25H,8H2,1H3,(H,22,24). The maximum atomic E-state index is 12.9. The first-order valence-corrected chi connectivity index (χ1v) is 9.46. The number of aromatic nitrogens is 1. The van der Waals surface area contributed by atoms with E-state index in [0.717, 1.165) is 6.07 Å². The van der Waals surface area contributed by atoms with Crippen LogP contribution in [0.3, 0.4) is 0 Å². The number of nitrogens with zero attached hydrogens (tertiary/aromatic N) is 1. The summed E-state index contributed by atoms with van der Waals surface area (Å²) in [6, 6.07) is 6.27. The number of benzene rings is 1. The molecule has 1 unspecified atom stereocenters. The monoisotopic (exact) mass is 414 g/mol. The van der Waals surface area contributed by atoms with Crippen molar-refractivity contribution < 1.29 is 36.3 Å². The van der Waals surface area contributed by atoms with Crippen molar-refractivity contribution in [2.24, 2.45) is 0 Å². The molecule has 7 nitrogen and oxygen atoms in total. The molecule has 0 spiro atoms. The van der Waals surface area contributed by atoms with Gasteiger partial charge in [0.25, 0.3) is 5.91 Å². The summed E-state index contributed by atoms with van der Waals surface area (Å²) in [5.74, 6) is -3.25. The van der Waals surface area contributed by atoms with Crippen LogP contribution >= 0.6 is 0 Å². The predicted octanol–water partition coefficient (Wildman–Crippen LogP) is 1.85. The fraction of sp³-hybridized carbons (Fsp3) is 0.235. The molecular weight excluding hydrogens is 401 g/mol. The van der Waals surface area contributed by atoms with Crippen LogP contribution < -0.4 is 5.32 Å². The highest BCUT2D eigenvalue weighted by Gasteiger charge is 2.56. The van der Waals surface area contributed by atoms with Crippen LogP contribution in [0.15, 0.2) is 41.4 Å². The van der Waals surface area contributed by atoms with Crippen LogP contribution in [0.25, 0.3) is 0 Å². The number of amides is 1. The highest BCUT2D eigenvalue weighted by molar-refractivity contribution is 7.91. The number of anilines is 1. The van der Waals surface area contributed by atoms with E-state index in [1.807, 2.05) is 0 Å². The fourth-order valence-corrected chi connectivity index (χ4v) is 4.36. The van der Waals surface area contributed by atoms with Gasteiger partial charge in [-0.2, -0.15) is 13.2 Å². The minimum Gasteiger partial charge on any atom is -0.373 e. The van der Waals surface area contributed by atoms with Crippen molar-refractivity contribution in [2.45, 2.75) is 29.3 Å². The first-order chi connectivity index (χ1) is 12.9. The van der Waals surface area contributed by atoms with Gasteiger partial charge in [0, 0.05) is 17.3 Å². The molecular formula is C17H13F3N2O5S. The van der Waals surface area contributed by atoms with Crippen molar-refractivity contribution in [3.05, 3.63) is 53.3 Å². The van der Waals surface area contributed by atoms with E-state index in [9.17, 15) is 36.3 Å². The van der Waals surface area contributed by atoms with Crippen molar-refractivity contribution in [1.29, 1.82) is 0 Å². The third-order valence-corrected chi connectivity index (χ3v) is 5.99. The molecule has 2 aromatic rings. The molecule has 1 atom stereocenters. The molecule has 0 radical (unpaired) electrons. The molecule has 0 bridgehead atoms. The van der Waals surface area contributed by atoms with E-state index < -0.39 is 49.6 Å². The Kier molecular flexibility index (Phi) is 4.55. The molecule has 1 aliphatic rings. The second-order valence-electron chi connectivity index (χ2n) is 6.29. The normalized spacial score (nSPS) is 17.7. The Hall–Kier alpha value is -2.79. The Morgan fingerprint density at radius 1 is 1.18 bits per heavy atom. The third-order valence-electron chi connectivity index (χ3n) is 4.27. The first kappa shape index (κ1) is 20.0. The molecule has 2 N–H and O–H groups in total. The summed E-state index contributed by atoms with van der Waals surface area (Å²) in [6.07, 6.45) is -3.99. The van der Waals surface area contributed by atoms with Gasteiger partial charge in [0.1, 0.15) is 4.90 Å². The summed E-state index contributed by atoms with van der Waals surface area (Å²) in [5, 5.41) is 11.3. The lowest BCUT2D eigenvalue weighted by atomic mass is 10.0. The van der Waals surface area contributed by atoms with Gasteiger partial charge in [0.05, 0.1) is 17.1 Å². The van der Waals surface area contributed by atoms with Gasteiger partial charge >= 0.3 is 6.18 Å². The Bertz CT molecular complexity index is 1090. The lowest BCUT2D eigenvalue weighted by molar-refractivity contribution is -0.242. The molecule has 0 fully saturated rings. The number of carbonyl (C=O) groups excluding carboxylic acids is 2.